The van der Waals surface area contributed by atoms with Crippen molar-refractivity contribution in [3.8, 4) is 0 Å². The van der Waals surface area contributed by atoms with E-state index in [0.717, 1.165) is 5.56 Å². The molecule has 0 saturated heterocycles. The van der Waals surface area contributed by atoms with Crippen molar-refractivity contribution in [2.45, 2.75) is 24.3 Å². The first-order valence-corrected chi connectivity index (χ1v) is 9.38. The smallest absolute Gasteiger partial charge is 0.237 e. The van der Waals surface area contributed by atoms with Crippen LogP contribution in [0.5, 0.6) is 0 Å². The maximum absolute atomic E-state index is 13.6. The third-order valence-electron chi connectivity index (χ3n) is 3.88. The van der Waals surface area contributed by atoms with Crippen molar-refractivity contribution in [3.05, 3.63) is 71.1 Å². The number of aromatic nitrogens is 3. The molecule has 3 rings (SSSR count). The summed E-state index contributed by atoms with van der Waals surface area (Å²) in [6, 6.07) is 10.6. The Balaban J connectivity index is 1.58. The summed E-state index contributed by atoms with van der Waals surface area (Å²) >= 11 is 1.18. The number of H-pyrrole nitrogens is 1. The summed E-state index contributed by atoms with van der Waals surface area (Å²) < 4.78 is 26.5. The average molecular weight is 400 g/mol. The number of hydrogen-bond acceptors (Lipinski definition) is 4. The number of nitrogens with zero attached hydrogens (tertiary/aromatic N) is 2. The molecule has 0 fully saturated rings. The predicted octanol–water partition coefficient (Wildman–Crippen LogP) is 4.68. The highest BCUT2D eigenvalue weighted by Gasteiger charge is 2.17. The maximum Gasteiger partial charge on any atom is 0.237 e. The summed E-state index contributed by atoms with van der Waals surface area (Å²) in [5.74, 6) is -0.428. The van der Waals surface area contributed by atoms with Crippen molar-refractivity contribution >= 4 is 35.5 Å². The molecule has 0 aliphatic carbocycles. The van der Waals surface area contributed by atoms with Gasteiger partial charge in [-0.05, 0) is 55.3 Å². The topological polar surface area (TPSA) is 70.7 Å². The van der Waals surface area contributed by atoms with Crippen LogP contribution in [0.25, 0.3) is 12.2 Å². The lowest BCUT2D eigenvalue weighted by atomic mass is 10.2. The van der Waals surface area contributed by atoms with Gasteiger partial charge in [-0.3, -0.25) is 9.89 Å². The van der Waals surface area contributed by atoms with Crippen molar-refractivity contribution in [3.63, 3.8) is 0 Å². The minimum atomic E-state index is -0.478. The highest BCUT2D eigenvalue weighted by molar-refractivity contribution is 8.00. The zero-order valence-electron chi connectivity index (χ0n) is 15.2. The molecule has 8 heteroatoms. The van der Waals surface area contributed by atoms with Crippen LogP contribution in [0.2, 0.25) is 0 Å². The summed E-state index contributed by atoms with van der Waals surface area (Å²) in [7, 11) is 0. The van der Waals surface area contributed by atoms with E-state index in [0.29, 0.717) is 22.2 Å². The van der Waals surface area contributed by atoms with Crippen molar-refractivity contribution in [2.24, 2.45) is 0 Å². The summed E-state index contributed by atoms with van der Waals surface area (Å²) in [6.07, 6.45) is 3.49. The highest BCUT2D eigenvalue weighted by atomic mass is 32.2. The molecule has 0 saturated carbocycles. The molecular formula is C20H18F2N4OS. The largest absolute Gasteiger partial charge is 0.325 e. The number of aryl methyl sites for hydroxylation is 1. The van der Waals surface area contributed by atoms with Crippen LogP contribution in [0, 0.1) is 18.6 Å². The van der Waals surface area contributed by atoms with E-state index in [-0.39, 0.29) is 17.5 Å². The number of carbonyl (C=O) groups is 1. The quantitative estimate of drug-likeness (QED) is 0.590. The van der Waals surface area contributed by atoms with Crippen LogP contribution in [0.4, 0.5) is 14.5 Å². The summed E-state index contributed by atoms with van der Waals surface area (Å²) in [5, 5.41) is 9.46. The molecule has 0 aliphatic heterocycles. The molecule has 1 aromatic heterocycles. The Bertz CT molecular complexity index is 1000. The maximum atomic E-state index is 13.6. The van der Waals surface area contributed by atoms with Gasteiger partial charge in [0, 0.05) is 5.69 Å². The van der Waals surface area contributed by atoms with Gasteiger partial charge in [0.1, 0.15) is 17.5 Å². The Morgan fingerprint density at radius 2 is 1.93 bits per heavy atom. The molecule has 0 bridgehead atoms. The second-order valence-electron chi connectivity index (χ2n) is 6.10. The molecule has 1 amide bonds. The zero-order valence-corrected chi connectivity index (χ0v) is 16.1. The second-order valence-corrected chi connectivity index (χ2v) is 7.41. The van der Waals surface area contributed by atoms with Crippen molar-refractivity contribution in [2.75, 3.05) is 5.32 Å². The van der Waals surface area contributed by atoms with Gasteiger partial charge in [0.2, 0.25) is 11.1 Å². The van der Waals surface area contributed by atoms with E-state index < -0.39 is 5.25 Å². The van der Waals surface area contributed by atoms with Gasteiger partial charge in [-0.1, -0.05) is 36.0 Å². The molecule has 3 aromatic rings. The summed E-state index contributed by atoms with van der Waals surface area (Å²) in [4.78, 5) is 16.6. The van der Waals surface area contributed by atoms with Gasteiger partial charge in [-0.25, -0.2) is 13.8 Å². The number of nitrogens with one attached hydrogen (secondary N) is 2. The molecule has 1 unspecified atom stereocenters. The number of carbonyl (C=O) groups excluding carboxylic acids is 1. The van der Waals surface area contributed by atoms with Crippen LogP contribution in [-0.2, 0) is 4.79 Å². The fraction of sp³-hybridized carbons (Fsp3) is 0.150. The molecule has 28 heavy (non-hydrogen) atoms. The predicted molar refractivity (Wildman–Crippen MR) is 107 cm³/mol. The lowest BCUT2D eigenvalue weighted by Gasteiger charge is -2.10. The fourth-order valence-electron chi connectivity index (χ4n) is 2.26. The molecule has 1 atom stereocenters. The van der Waals surface area contributed by atoms with Crippen molar-refractivity contribution in [1.82, 2.24) is 15.2 Å². The number of amides is 1. The van der Waals surface area contributed by atoms with Crippen LogP contribution in [0.1, 0.15) is 23.9 Å². The minimum Gasteiger partial charge on any atom is -0.325 e. The third-order valence-corrected chi connectivity index (χ3v) is 4.84. The minimum absolute atomic E-state index is 0.276. The Morgan fingerprint density at radius 1 is 1.18 bits per heavy atom. The van der Waals surface area contributed by atoms with Crippen LogP contribution in [0.15, 0.2) is 47.6 Å². The number of hydrogen-bond donors (Lipinski definition) is 2. The van der Waals surface area contributed by atoms with Crippen molar-refractivity contribution < 1.29 is 13.6 Å². The first kappa shape index (κ1) is 19.8. The summed E-state index contributed by atoms with van der Waals surface area (Å²) in [6.45, 7) is 3.37. The lowest BCUT2D eigenvalue weighted by molar-refractivity contribution is -0.115. The lowest BCUT2D eigenvalue weighted by Crippen LogP contribution is -2.22. The number of halogens is 2. The number of rotatable bonds is 6. The molecule has 144 valence electrons. The molecule has 2 aromatic carbocycles. The average Bonchev–Trinajstić information content (AvgIpc) is 3.11. The monoisotopic (exact) mass is 400 g/mol. The van der Waals surface area contributed by atoms with Crippen LogP contribution in [-0.4, -0.2) is 26.3 Å². The number of anilines is 1. The van der Waals surface area contributed by atoms with Gasteiger partial charge in [0.15, 0.2) is 0 Å². The van der Waals surface area contributed by atoms with Gasteiger partial charge < -0.3 is 5.32 Å². The first-order chi connectivity index (χ1) is 13.4. The SMILES string of the molecule is Cc1ccc(NC(=O)C(C)Sc2n[nH]c(/C=C/c3ccc(F)cc3)n2)cc1F. The molecule has 0 radical (unpaired) electrons. The van der Waals surface area contributed by atoms with Gasteiger partial charge in [0.05, 0.1) is 5.25 Å². The van der Waals surface area contributed by atoms with Gasteiger partial charge >= 0.3 is 0 Å². The third kappa shape index (κ3) is 5.26. The van der Waals surface area contributed by atoms with Gasteiger partial charge in [-0.2, -0.15) is 0 Å². The Kier molecular flexibility index (Phi) is 6.20. The summed E-state index contributed by atoms with van der Waals surface area (Å²) in [5.41, 5.74) is 1.74. The second kappa shape index (κ2) is 8.79. The standard InChI is InChI=1S/C20H18F2N4OS/c1-12-3-9-16(11-17(12)22)23-19(27)13(2)28-20-24-18(25-26-20)10-6-14-4-7-15(21)8-5-14/h3-11,13H,1-2H3,(H,23,27)(H,24,25,26)/b10-6+. The van der Waals surface area contributed by atoms with E-state index in [1.807, 2.05) is 0 Å². The Labute approximate surface area is 165 Å². The van der Waals surface area contributed by atoms with E-state index in [4.69, 9.17) is 0 Å². The van der Waals surface area contributed by atoms with Gasteiger partial charge in [0.25, 0.3) is 0 Å². The van der Waals surface area contributed by atoms with Gasteiger partial charge in [-0.15, -0.1) is 5.10 Å². The molecular weight excluding hydrogens is 382 g/mol. The molecule has 5 nitrogen and oxygen atoms in total. The number of aromatic amines is 1. The fourth-order valence-corrected chi connectivity index (χ4v) is 2.99. The van der Waals surface area contributed by atoms with E-state index in [2.05, 4.69) is 20.5 Å². The van der Waals surface area contributed by atoms with Crippen LogP contribution in [0.3, 0.4) is 0 Å². The van der Waals surface area contributed by atoms with E-state index in [1.165, 1.54) is 30.0 Å². The van der Waals surface area contributed by atoms with E-state index >= 15 is 0 Å². The van der Waals surface area contributed by atoms with E-state index in [9.17, 15) is 13.6 Å². The Hall–Kier alpha value is -3.00. The van der Waals surface area contributed by atoms with Crippen molar-refractivity contribution in [1.29, 1.82) is 0 Å². The number of benzene rings is 2. The number of thioether (sulfide) groups is 1. The first-order valence-electron chi connectivity index (χ1n) is 8.50. The highest BCUT2D eigenvalue weighted by Crippen LogP contribution is 2.22. The van der Waals surface area contributed by atoms with Crippen LogP contribution < -0.4 is 5.32 Å². The molecule has 0 spiro atoms. The van der Waals surface area contributed by atoms with E-state index in [1.54, 1.807) is 50.3 Å². The molecule has 1 heterocycles. The zero-order chi connectivity index (χ0) is 20.1. The van der Waals surface area contributed by atoms with Crippen LogP contribution >= 0.6 is 11.8 Å². The molecule has 2 N–H and O–H groups in total. The molecule has 0 aliphatic rings. The normalized spacial score (nSPS) is 12.3. The Morgan fingerprint density at radius 3 is 2.64 bits per heavy atom.